The van der Waals surface area contributed by atoms with E-state index in [1.807, 2.05) is 0 Å². The molecule has 0 radical (unpaired) electrons. The van der Waals surface area contributed by atoms with Crippen LogP contribution in [-0.2, 0) is 0 Å². The molecule has 6 heavy (non-hydrogen) atoms. The maximum Gasteiger partial charge on any atom is -0.00380 e. The Morgan fingerprint density at radius 1 is 1.00 bits per heavy atom. The number of allylic oxidation sites excluding steroid dienone is 2. The van der Waals surface area contributed by atoms with Gasteiger partial charge < -0.3 is 0 Å². The zero-order valence-electron chi connectivity index (χ0n) is 3.31. The van der Waals surface area contributed by atoms with Crippen LogP contribution >= 0.6 is 0 Å². The van der Waals surface area contributed by atoms with Gasteiger partial charge in [-0.3, -0.25) is 0 Å². The van der Waals surface area contributed by atoms with E-state index in [0.717, 1.165) is 0 Å². The van der Waals surface area contributed by atoms with Gasteiger partial charge in [0.2, 0.25) is 0 Å². The second kappa shape index (κ2) is 3.86. The highest BCUT2D eigenvalue weighted by molar-refractivity contribution is 5.19. The van der Waals surface area contributed by atoms with Crippen molar-refractivity contribution in [2.75, 3.05) is 0 Å². The molecule has 0 heteroatoms. The zero-order chi connectivity index (χ0) is 4.83. The largest absolute Gasteiger partial charge is 0.115 e. The standard InChI is InChI=1S/C6H4/c1-3-5-6-4-2/h1-2,5-6H. The average Bonchev–Trinajstić information content (AvgIpc) is 1.61. The quantitative estimate of drug-likeness (QED) is 0.374. The van der Waals surface area contributed by atoms with Gasteiger partial charge in [0.25, 0.3) is 0 Å². The Morgan fingerprint density at radius 2 is 1.33 bits per heavy atom. The molecule has 0 nitrogen and oxygen atoms in total. The third kappa shape index (κ3) is 2.86. The van der Waals surface area contributed by atoms with Crippen molar-refractivity contribution in [2.45, 2.75) is 0 Å². The summed E-state index contributed by atoms with van der Waals surface area (Å²) in [7, 11) is 0. The van der Waals surface area contributed by atoms with Gasteiger partial charge in [-0.05, 0) is 12.2 Å². The van der Waals surface area contributed by atoms with Gasteiger partial charge in [0.05, 0.1) is 0 Å². The summed E-state index contributed by atoms with van der Waals surface area (Å²) < 4.78 is 0. The summed E-state index contributed by atoms with van der Waals surface area (Å²) in [6.45, 7) is 0. The van der Waals surface area contributed by atoms with Crippen molar-refractivity contribution < 1.29 is 0 Å². The molecule has 0 aromatic heterocycles. The molecule has 0 aliphatic heterocycles. The van der Waals surface area contributed by atoms with Gasteiger partial charge in [0, 0.05) is 0 Å². The van der Waals surface area contributed by atoms with Crippen molar-refractivity contribution in [1.29, 1.82) is 0 Å². The van der Waals surface area contributed by atoms with Gasteiger partial charge in [0.1, 0.15) is 0 Å². The lowest BCUT2D eigenvalue weighted by Crippen LogP contribution is -1.41. The molecule has 0 N–H and O–H groups in total. The Morgan fingerprint density at radius 3 is 1.50 bits per heavy atom. The summed E-state index contributed by atoms with van der Waals surface area (Å²) in [6, 6.07) is 0. The van der Waals surface area contributed by atoms with Crippen molar-refractivity contribution in [3.05, 3.63) is 12.2 Å². The average molecular weight is 76.1 g/mol. The summed E-state index contributed by atoms with van der Waals surface area (Å²) in [5.41, 5.74) is 0. The Kier molecular flexibility index (Phi) is 3.13. The predicted octanol–water partition coefficient (Wildman–Crippen LogP) is 0.809. The maximum atomic E-state index is 4.78. The fourth-order valence-electron chi connectivity index (χ4n) is 0.0962. The first-order valence-electron chi connectivity index (χ1n) is 1.49. The van der Waals surface area contributed by atoms with Crippen LogP contribution < -0.4 is 0 Å². The van der Waals surface area contributed by atoms with Crippen LogP contribution in [0, 0.1) is 24.7 Å². The highest BCUT2D eigenvalue weighted by atomic mass is 13.5. The second-order valence-corrected chi connectivity index (χ2v) is 0.667. The van der Waals surface area contributed by atoms with Crippen molar-refractivity contribution in [2.24, 2.45) is 0 Å². The molecule has 0 amide bonds. The van der Waals surface area contributed by atoms with Gasteiger partial charge in [-0.1, -0.05) is 11.8 Å². The summed E-state index contributed by atoms with van der Waals surface area (Å²) in [6.07, 6.45) is 12.5. The van der Waals surface area contributed by atoms with E-state index in [0.29, 0.717) is 0 Å². The minimum Gasteiger partial charge on any atom is -0.115 e. The molecule has 28 valence electrons. The number of terminal acetylenes is 2. The molecule has 0 fully saturated rings. The third-order valence-corrected chi connectivity index (χ3v) is 0.276. The zero-order valence-corrected chi connectivity index (χ0v) is 3.31. The normalized spacial score (nSPS) is 7.00. The van der Waals surface area contributed by atoms with Gasteiger partial charge in [-0.15, -0.1) is 12.8 Å². The van der Waals surface area contributed by atoms with E-state index in [2.05, 4.69) is 11.8 Å². The molecule has 0 rings (SSSR count). The molecule has 0 saturated carbocycles. The van der Waals surface area contributed by atoms with Crippen LogP contribution in [0.1, 0.15) is 0 Å². The first-order valence-corrected chi connectivity index (χ1v) is 1.49. The van der Waals surface area contributed by atoms with Crippen molar-refractivity contribution in [1.82, 2.24) is 0 Å². The van der Waals surface area contributed by atoms with Crippen molar-refractivity contribution in [3.63, 3.8) is 0 Å². The lowest BCUT2D eigenvalue weighted by Gasteiger charge is -1.53. The predicted molar refractivity (Wildman–Crippen MR) is 26.8 cm³/mol. The van der Waals surface area contributed by atoms with Crippen molar-refractivity contribution >= 4 is 0 Å². The van der Waals surface area contributed by atoms with Crippen LogP contribution in [-0.4, -0.2) is 0 Å². The molecule has 0 heterocycles. The summed E-state index contributed by atoms with van der Waals surface area (Å²) in [5.74, 6) is 4.49. The summed E-state index contributed by atoms with van der Waals surface area (Å²) in [5, 5.41) is 0. The topological polar surface area (TPSA) is 0 Å². The highest BCUT2D eigenvalue weighted by Gasteiger charge is 1.46. The minimum absolute atomic E-state index is 1.47. The molecule has 0 aliphatic carbocycles. The lowest BCUT2D eigenvalue weighted by molar-refractivity contribution is 2.16. The van der Waals surface area contributed by atoms with E-state index >= 15 is 0 Å². The van der Waals surface area contributed by atoms with E-state index in [9.17, 15) is 0 Å². The van der Waals surface area contributed by atoms with Crippen LogP contribution in [0.5, 0.6) is 0 Å². The molecular weight excluding hydrogens is 72.1 g/mol. The molecule has 0 bridgehead atoms. The Balaban J connectivity index is 3.36. The SMILES string of the molecule is C#CC=CC#C. The van der Waals surface area contributed by atoms with Gasteiger partial charge in [0.15, 0.2) is 0 Å². The number of rotatable bonds is 0. The monoisotopic (exact) mass is 76.0 g/mol. The second-order valence-electron chi connectivity index (χ2n) is 0.667. The number of hydrogen-bond acceptors (Lipinski definition) is 0. The van der Waals surface area contributed by atoms with Crippen LogP contribution in [0.2, 0.25) is 0 Å². The van der Waals surface area contributed by atoms with E-state index in [4.69, 9.17) is 12.8 Å². The number of hydrogen-bond donors (Lipinski definition) is 0. The molecule has 0 unspecified atom stereocenters. The van der Waals surface area contributed by atoms with Crippen LogP contribution in [0.25, 0.3) is 0 Å². The molecule has 0 aromatic rings. The van der Waals surface area contributed by atoms with Crippen LogP contribution in [0.3, 0.4) is 0 Å². The molecular formula is C6H4. The molecule has 0 atom stereocenters. The molecule has 0 aliphatic rings. The molecule has 0 spiro atoms. The van der Waals surface area contributed by atoms with E-state index in [-0.39, 0.29) is 0 Å². The smallest absolute Gasteiger partial charge is 0.00380 e. The molecule has 0 aromatic carbocycles. The lowest BCUT2D eigenvalue weighted by atomic mass is 10.5. The third-order valence-electron chi connectivity index (χ3n) is 0.276. The summed E-state index contributed by atoms with van der Waals surface area (Å²) >= 11 is 0. The van der Waals surface area contributed by atoms with E-state index in [1.54, 1.807) is 0 Å². The minimum atomic E-state index is 1.47. The fourth-order valence-corrected chi connectivity index (χ4v) is 0.0962. The Labute approximate surface area is 37.9 Å². The first-order chi connectivity index (χ1) is 2.91. The van der Waals surface area contributed by atoms with E-state index in [1.165, 1.54) is 12.2 Å². The van der Waals surface area contributed by atoms with Crippen LogP contribution in [0.15, 0.2) is 12.2 Å². The highest BCUT2D eigenvalue weighted by Crippen LogP contribution is 1.59. The van der Waals surface area contributed by atoms with Gasteiger partial charge in [-0.2, -0.15) is 0 Å². The Hall–Kier alpha value is -1.14. The first kappa shape index (κ1) is 4.86. The fraction of sp³-hybridized carbons (Fsp3) is 0. The Bertz CT molecular complexity index is 100.0. The molecule has 0 saturated heterocycles. The van der Waals surface area contributed by atoms with Gasteiger partial charge >= 0.3 is 0 Å². The van der Waals surface area contributed by atoms with Crippen molar-refractivity contribution in [3.8, 4) is 24.7 Å². The summed E-state index contributed by atoms with van der Waals surface area (Å²) in [4.78, 5) is 0. The van der Waals surface area contributed by atoms with Crippen LogP contribution in [0.4, 0.5) is 0 Å². The maximum absolute atomic E-state index is 4.78. The van der Waals surface area contributed by atoms with Gasteiger partial charge in [-0.25, -0.2) is 0 Å². The van der Waals surface area contributed by atoms with E-state index < -0.39 is 0 Å².